The van der Waals surface area contributed by atoms with E-state index in [0.29, 0.717) is 13.2 Å². The third-order valence-electron chi connectivity index (χ3n) is 2.68. The topological polar surface area (TPSA) is 51.8 Å². The Bertz CT molecular complexity index is 510. The van der Waals surface area contributed by atoms with Crippen molar-refractivity contribution in [3.05, 3.63) is 52.4 Å². The van der Waals surface area contributed by atoms with Gasteiger partial charge in [-0.3, -0.25) is 0 Å². The number of furan rings is 1. The van der Waals surface area contributed by atoms with Crippen molar-refractivity contribution in [3.8, 4) is 5.75 Å². The molecule has 5 heteroatoms. The van der Waals surface area contributed by atoms with Crippen molar-refractivity contribution in [1.82, 2.24) is 0 Å². The molecule has 1 N–H and O–H groups in total. The third-order valence-corrected chi connectivity index (χ3v) is 3.30. The first-order valence-electron chi connectivity index (χ1n) is 5.83. The van der Waals surface area contributed by atoms with Crippen LogP contribution in [0.2, 0.25) is 0 Å². The molecule has 0 saturated heterocycles. The zero-order valence-corrected chi connectivity index (χ0v) is 12.1. The highest BCUT2D eigenvalue weighted by Crippen LogP contribution is 2.30. The molecule has 0 aliphatic heterocycles. The lowest BCUT2D eigenvalue weighted by molar-refractivity contribution is 0.146. The fourth-order valence-electron chi connectivity index (χ4n) is 1.66. The molecular formula is C14H15BrO4. The Hall–Kier alpha value is -1.30. The van der Waals surface area contributed by atoms with E-state index in [0.717, 1.165) is 21.3 Å². The summed E-state index contributed by atoms with van der Waals surface area (Å²) in [6.07, 6.45) is 2.36. The van der Waals surface area contributed by atoms with Crippen LogP contribution < -0.4 is 4.74 Å². The van der Waals surface area contributed by atoms with Gasteiger partial charge in [0, 0.05) is 12.7 Å². The number of halogens is 1. The van der Waals surface area contributed by atoms with Crippen molar-refractivity contribution < 1.29 is 19.0 Å². The third kappa shape index (κ3) is 3.59. The maximum Gasteiger partial charge on any atom is 0.133 e. The van der Waals surface area contributed by atoms with Crippen LogP contribution in [0, 0.1) is 0 Å². The van der Waals surface area contributed by atoms with E-state index < -0.39 is 6.10 Å². The average molecular weight is 327 g/mol. The molecule has 19 heavy (non-hydrogen) atoms. The molecule has 1 aromatic carbocycles. The summed E-state index contributed by atoms with van der Waals surface area (Å²) in [5, 5.41) is 10.2. The molecule has 1 unspecified atom stereocenters. The van der Waals surface area contributed by atoms with Gasteiger partial charge in [-0.1, -0.05) is 6.07 Å². The Kier molecular flexibility index (Phi) is 5.01. The van der Waals surface area contributed by atoms with E-state index in [4.69, 9.17) is 13.9 Å². The van der Waals surface area contributed by atoms with E-state index in [1.807, 2.05) is 18.2 Å². The van der Waals surface area contributed by atoms with Gasteiger partial charge in [-0.2, -0.15) is 0 Å². The number of ether oxygens (including phenoxy) is 2. The molecule has 102 valence electrons. The molecule has 2 aromatic rings. The largest absolute Gasteiger partial charge is 0.490 e. The van der Waals surface area contributed by atoms with Gasteiger partial charge in [-0.05, 0) is 39.7 Å². The molecule has 0 aliphatic carbocycles. The van der Waals surface area contributed by atoms with Crippen LogP contribution in [0.5, 0.6) is 5.75 Å². The predicted molar refractivity (Wildman–Crippen MR) is 74.3 cm³/mol. The van der Waals surface area contributed by atoms with Gasteiger partial charge < -0.3 is 19.0 Å². The quantitative estimate of drug-likeness (QED) is 0.828. The maximum atomic E-state index is 10.2. The summed E-state index contributed by atoms with van der Waals surface area (Å²) in [6.45, 7) is 1.02. The van der Waals surface area contributed by atoms with Gasteiger partial charge in [-0.15, -0.1) is 0 Å². The minimum atomic E-state index is -0.705. The summed E-state index contributed by atoms with van der Waals surface area (Å²) >= 11 is 3.43. The molecule has 0 radical (unpaired) electrons. The first-order valence-corrected chi connectivity index (χ1v) is 6.63. The summed E-state index contributed by atoms with van der Waals surface area (Å²) in [7, 11) is 1.63. The fourth-order valence-corrected chi connectivity index (χ4v) is 2.17. The number of methoxy groups -OCH3 is 1. The molecule has 0 fully saturated rings. The van der Waals surface area contributed by atoms with Gasteiger partial charge in [0.05, 0.1) is 23.6 Å². The lowest BCUT2D eigenvalue weighted by Crippen LogP contribution is -2.05. The summed E-state index contributed by atoms with van der Waals surface area (Å²) < 4.78 is 16.2. The summed E-state index contributed by atoms with van der Waals surface area (Å²) in [5.41, 5.74) is 1.49. The van der Waals surface area contributed by atoms with Gasteiger partial charge in [0.1, 0.15) is 18.5 Å². The van der Waals surface area contributed by atoms with Crippen LogP contribution in [0.15, 0.2) is 45.7 Å². The second kappa shape index (κ2) is 6.75. The van der Waals surface area contributed by atoms with E-state index in [1.54, 1.807) is 13.2 Å². The van der Waals surface area contributed by atoms with E-state index >= 15 is 0 Å². The fraction of sp³-hybridized carbons (Fsp3) is 0.286. The summed E-state index contributed by atoms with van der Waals surface area (Å²) in [5.74, 6) is 0.722. The lowest BCUT2D eigenvalue weighted by atomic mass is 10.0. The van der Waals surface area contributed by atoms with Crippen molar-refractivity contribution in [2.75, 3.05) is 20.3 Å². The Morgan fingerprint density at radius 2 is 2.11 bits per heavy atom. The Morgan fingerprint density at radius 1 is 1.26 bits per heavy atom. The molecule has 0 amide bonds. The monoisotopic (exact) mass is 326 g/mol. The SMILES string of the molecule is COCCOc1ccc(C(O)c2ccoc2)cc1Br. The van der Waals surface area contributed by atoms with Gasteiger partial charge in [-0.25, -0.2) is 0 Å². The number of benzene rings is 1. The van der Waals surface area contributed by atoms with E-state index in [2.05, 4.69) is 15.9 Å². The second-order valence-corrected chi connectivity index (χ2v) is 4.84. The predicted octanol–water partition coefficient (Wildman–Crippen LogP) is 3.15. The molecule has 1 aromatic heterocycles. The zero-order chi connectivity index (χ0) is 13.7. The maximum absolute atomic E-state index is 10.2. The van der Waals surface area contributed by atoms with Crippen LogP contribution in [-0.4, -0.2) is 25.4 Å². The molecule has 2 rings (SSSR count). The highest BCUT2D eigenvalue weighted by molar-refractivity contribution is 9.10. The van der Waals surface area contributed by atoms with E-state index in [1.165, 1.54) is 12.5 Å². The number of rotatable bonds is 6. The molecule has 4 nitrogen and oxygen atoms in total. The molecule has 0 bridgehead atoms. The first kappa shape index (κ1) is 14.1. The van der Waals surface area contributed by atoms with E-state index in [-0.39, 0.29) is 0 Å². The Balaban J connectivity index is 2.10. The summed E-state index contributed by atoms with van der Waals surface area (Å²) in [6, 6.07) is 7.21. The lowest BCUT2D eigenvalue weighted by Gasteiger charge is -2.12. The Morgan fingerprint density at radius 3 is 2.74 bits per heavy atom. The standard InChI is InChI=1S/C14H15BrO4/c1-17-6-7-19-13-3-2-10(8-12(13)15)14(16)11-4-5-18-9-11/h2-5,8-9,14,16H,6-7H2,1H3. The van der Waals surface area contributed by atoms with E-state index in [9.17, 15) is 5.11 Å². The molecule has 0 aliphatic rings. The van der Waals surface area contributed by atoms with Crippen molar-refractivity contribution in [1.29, 1.82) is 0 Å². The highest BCUT2D eigenvalue weighted by atomic mass is 79.9. The van der Waals surface area contributed by atoms with Crippen molar-refractivity contribution >= 4 is 15.9 Å². The van der Waals surface area contributed by atoms with Gasteiger partial charge >= 0.3 is 0 Å². The van der Waals surface area contributed by atoms with Crippen molar-refractivity contribution in [3.63, 3.8) is 0 Å². The van der Waals surface area contributed by atoms with Crippen LogP contribution in [0.3, 0.4) is 0 Å². The van der Waals surface area contributed by atoms with Gasteiger partial charge in [0.25, 0.3) is 0 Å². The van der Waals surface area contributed by atoms with Gasteiger partial charge in [0.15, 0.2) is 0 Å². The molecule has 1 atom stereocenters. The normalized spacial score (nSPS) is 12.4. The number of aliphatic hydroxyl groups is 1. The van der Waals surface area contributed by atoms with Crippen LogP contribution in [0.1, 0.15) is 17.2 Å². The average Bonchev–Trinajstić information content (AvgIpc) is 2.94. The number of hydrogen-bond acceptors (Lipinski definition) is 4. The smallest absolute Gasteiger partial charge is 0.133 e. The molecule has 1 heterocycles. The van der Waals surface area contributed by atoms with Crippen molar-refractivity contribution in [2.45, 2.75) is 6.10 Å². The van der Waals surface area contributed by atoms with Crippen LogP contribution in [0.4, 0.5) is 0 Å². The minimum absolute atomic E-state index is 0.485. The second-order valence-electron chi connectivity index (χ2n) is 3.99. The molecule has 0 spiro atoms. The van der Waals surface area contributed by atoms with Crippen LogP contribution in [-0.2, 0) is 4.74 Å². The zero-order valence-electron chi connectivity index (χ0n) is 10.5. The van der Waals surface area contributed by atoms with Crippen LogP contribution in [0.25, 0.3) is 0 Å². The first-order chi connectivity index (χ1) is 9.22. The highest BCUT2D eigenvalue weighted by Gasteiger charge is 2.13. The Labute approximate surface area is 120 Å². The number of aliphatic hydroxyl groups excluding tert-OH is 1. The summed E-state index contributed by atoms with van der Waals surface area (Å²) in [4.78, 5) is 0. The molecule has 0 saturated carbocycles. The van der Waals surface area contributed by atoms with Gasteiger partial charge in [0.2, 0.25) is 0 Å². The number of hydrogen-bond donors (Lipinski definition) is 1. The van der Waals surface area contributed by atoms with Crippen LogP contribution >= 0.6 is 15.9 Å². The molecular weight excluding hydrogens is 312 g/mol. The van der Waals surface area contributed by atoms with Crippen molar-refractivity contribution in [2.24, 2.45) is 0 Å². The minimum Gasteiger partial charge on any atom is -0.490 e.